The summed E-state index contributed by atoms with van der Waals surface area (Å²) in [7, 11) is 14.7. The smallest absolute Gasteiger partial charge is 0.0465 e. The Morgan fingerprint density at radius 3 is 1.26 bits per heavy atom. The zero-order chi connectivity index (χ0) is 29.3. The molecular formula is C37H26Cl3FeN2. The molecule has 1 aliphatic rings. The summed E-state index contributed by atoms with van der Waals surface area (Å²) in [5.74, 6) is 0. The summed E-state index contributed by atoms with van der Waals surface area (Å²) in [4.78, 5) is 7.00. The third-order valence-electron chi connectivity index (χ3n) is 8.05. The van der Waals surface area contributed by atoms with Crippen molar-refractivity contribution in [2.45, 2.75) is 6.42 Å². The van der Waals surface area contributed by atoms with E-state index in [2.05, 4.69) is 143 Å². The average Bonchev–Trinajstić information content (AvgIpc) is 3.71. The molecule has 0 radical (unpaired) electrons. The Balaban J connectivity index is 0.000000147. The molecule has 2 aromatic heterocycles. The zero-order valence-electron chi connectivity index (χ0n) is 22.9. The van der Waals surface area contributed by atoms with Gasteiger partial charge in [-0.1, -0.05) is 97.1 Å². The average molecular weight is 661 g/mol. The van der Waals surface area contributed by atoms with Gasteiger partial charge in [-0.15, -0.1) is 0 Å². The number of benzene rings is 6. The maximum absolute atomic E-state index is 4.89. The molecule has 8 aromatic rings. The number of hydrogen-bond acceptors (Lipinski definition) is 0. The van der Waals surface area contributed by atoms with Crippen LogP contribution in [0.3, 0.4) is 0 Å². The van der Waals surface area contributed by atoms with Crippen LogP contribution in [0.15, 0.2) is 133 Å². The second-order valence-electron chi connectivity index (χ2n) is 10.5. The number of nitrogens with one attached hydrogen (secondary N) is 2. The molecule has 6 heteroatoms. The van der Waals surface area contributed by atoms with E-state index in [-0.39, 0.29) is 0 Å². The molecule has 0 saturated carbocycles. The van der Waals surface area contributed by atoms with Gasteiger partial charge in [0.1, 0.15) is 0 Å². The molecule has 0 bridgehead atoms. The van der Waals surface area contributed by atoms with Crippen LogP contribution in [0.5, 0.6) is 0 Å². The van der Waals surface area contributed by atoms with E-state index >= 15 is 0 Å². The van der Waals surface area contributed by atoms with Crippen molar-refractivity contribution in [2.75, 3.05) is 0 Å². The van der Waals surface area contributed by atoms with Gasteiger partial charge in [0.25, 0.3) is 0 Å². The summed E-state index contributed by atoms with van der Waals surface area (Å²) in [5, 5.41) is 5.10. The first-order valence-electron chi connectivity index (χ1n) is 13.9. The minimum absolute atomic E-state index is 1.10. The predicted molar refractivity (Wildman–Crippen MR) is 183 cm³/mol. The van der Waals surface area contributed by atoms with Gasteiger partial charge >= 0.3 is 41.5 Å². The molecule has 9 rings (SSSR count). The maximum atomic E-state index is 4.89. The fourth-order valence-electron chi connectivity index (χ4n) is 6.14. The van der Waals surface area contributed by atoms with Crippen molar-refractivity contribution in [3.05, 3.63) is 145 Å². The Hall–Kier alpha value is -3.69. The Morgan fingerprint density at radius 1 is 0.419 bits per heavy atom. The Bertz CT molecular complexity index is 2070. The normalized spacial score (nSPS) is 11.9. The van der Waals surface area contributed by atoms with E-state index in [1.54, 1.807) is 0 Å². The molecule has 6 aromatic carbocycles. The van der Waals surface area contributed by atoms with E-state index in [4.69, 9.17) is 30.3 Å². The molecule has 1 aliphatic carbocycles. The number of hydrogen-bond donors (Lipinski definition) is 2. The van der Waals surface area contributed by atoms with E-state index in [0.717, 1.165) is 6.42 Å². The van der Waals surface area contributed by atoms with Crippen LogP contribution < -0.4 is 0 Å². The summed E-state index contributed by atoms with van der Waals surface area (Å²) >= 11 is -1.33. The first kappa shape index (κ1) is 28.1. The van der Waals surface area contributed by atoms with Gasteiger partial charge in [0, 0.05) is 43.6 Å². The number of H-pyrrole nitrogens is 2. The number of rotatable bonds is 1. The third-order valence-corrected chi connectivity index (χ3v) is 8.05. The van der Waals surface area contributed by atoms with Crippen molar-refractivity contribution in [1.29, 1.82) is 0 Å². The fraction of sp³-hybridized carbons (Fsp3) is 0.0270. The van der Waals surface area contributed by atoms with E-state index < -0.39 is 11.2 Å². The molecular weight excluding hydrogens is 635 g/mol. The first-order chi connectivity index (χ1) is 21.0. The quantitative estimate of drug-likeness (QED) is 0.164. The first-order valence-corrected chi connectivity index (χ1v) is 18.5. The molecule has 213 valence electrons. The molecule has 2 heterocycles. The molecule has 2 N–H and O–H groups in total. The Kier molecular flexibility index (Phi) is 7.93. The van der Waals surface area contributed by atoms with Crippen LogP contribution in [0.1, 0.15) is 11.1 Å². The van der Waals surface area contributed by atoms with E-state index in [9.17, 15) is 0 Å². The van der Waals surface area contributed by atoms with Gasteiger partial charge in [-0.05, 0) is 76.2 Å². The van der Waals surface area contributed by atoms with Crippen molar-refractivity contribution in [3.8, 4) is 22.3 Å². The fourth-order valence-corrected chi connectivity index (χ4v) is 6.14. The summed E-state index contributed by atoms with van der Waals surface area (Å²) in [6.07, 6.45) is 1.10. The standard InChI is InChI=1S/C24H16N2.C13H10.3ClH.Fe/c1-3-7-21-17(5-1)19-13-15(9-11-23(19)25-21)16-10-12-24-20(14-16)18-6-2-4-8-22(18)26-24;1-3-7-12-10(5-1)9-11-6-2-4-8-13(11)12;;;;/h1-14,25-26H;1-8H,9H2;3*1H;/q;;;;;+3/p-3. The van der Waals surface area contributed by atoms with Crippen LogP contribution in [0.25, 0.3) is 65.9 Å². The molecule has 0 atom stereocenters. The van der Waals surface area contributed by atoms with Crippen LogP contribution in [0.4, 0.5) is 0 Å². The molecule has 0 aliphatic heterocycles. The molecule has 0 spiro atoms. The van der Waals surface area contributed by atoms with Crippen LogP contribution in [0.2, 0.25) is 0 Å². The molecule has 43 heavy (non-hydrogen) atoms. The molecule has 2 nitrogen and oxygen atoms in total. The van der Waals surface area contributed by atoms with Crippen molar-refractivity contribution < 1.29 is 11.2 Å². The number of fused-ring (bicyclic) bond motifs is 9. The van der Waals surface area contributed by atoms with Crippen molar-refractivity contribution in [2.24, 2.45) is 0 Å². The molecule has 0 saturated heterocycles. The van der Waals surface area contributed by atoms with Crippen molar-refractivity contribution in [3.63, 3.8) is 0 Å². The predicted octanol–water partition coefficient (Wildman–Crippen LogP) is 11.9. The summed E-state index contributed by atoms with van der Waals surface area (Å²) in [5.41, 5.74) is 13.0. The second kappa shape index (κ2) is 12.1. The molecule has 0 amide bonds. The SMILES string of the molecule is [Cl][Fe]([Cl])[Cl].c1ccc2c(c1)Cc1ccccc1-2.c1ccc2c(c1)[nH]c1ccc(-c3ccc4[nH]c5ccccc5c4c3)cc12. The zero-order valence-corrected chi connectivity index (χ0v) is 26.3. The largest absolute Gasteiger partial charge is 0.355 e. The summed E-state index contributed by atoms with van der Waals surface area (Å²) < 4.78 is 0. The number of aromatic nitrogens is 2. The van der Waals surface area contributed by atoms with E-state index in [1.807, 2.05) is 0 Å². The number of halogens is 3. The maximum Gasteiger partial charge on any atom is 0.0465 e. The van der Waals surface area contributed by atoms with Gasteiger partial charge in [0.15, 0.2) is 0 Å². The molecule has 0 fully saturated rings. The van der Waals surface area contributed by atoms with Crippen molar-refractivity contribution >= 4 is 73.9 Å². The van der Waals surface area contributed by atoms with Crippen LogP contribution >= 0.6 is 30.3 Å². The second-order valence-corrected chi connectivity index (χ2v) is 16.0. The minimum Gasteiger partial charge on any atom is -0.355 e. The van der Waals surface area contributed by atoms with E-state index in [1.165, 1.54) is 77.0 Å². The van der Waals surface area contributed by atoms with Gasteiger partial charge in [-0.25, -0.2) is 0 Å². The van der Waals surface area contributed by atoms with Crippen LogP contribution in [-0.2, 0) is 17.6 Å². The monoisotopic (exact) mass is 659 g/mol. The Labute approximate surface area is 266 Å². The topological polar surface area (TPSA) is 31.6 Å². The third kappa shape index (κ3) is 5.68. The van der Waals surface area contributed by atoms with Crippen molar-refractivity contribution in [1.82, 2.24) is 9.97 Å². The van der Waals surface area contributed by atoms with E-state index in [0.29, 0.717) is 0 Å². The Morgan fingerprint density at radius 2 is 0.791 bits per heavy atom. The van der Waals surface area contributed by atoms with Gasteiger partial charge in [0.2, 0.25) is 0 Å². The van der Waals surface area contributed by atoms with Crippen LogP contribution in [-0.4, -0.2) is 9.97 Å². The summed E-state index contributed by atoms with van der Waals surface area (Å²) in [6.45, 7) is 0. The molecule has 0 unspecified atom stereocenters. The van der Waals surface area contributed by atoms with Gasteiger partial charge in [0.05, 0.1) is 0 Å². The number of para-hydroxylation sites is 2. The number of aromatic amines is 2. The van der Waals surface area contributed by atoms with Crippen LogP contribution in [0, 0.1) is 0 Å². The van der Waals surface area contributed by atoms with Gasteiger partial charge in [-0.3, -0.25) is 0 Å². The van der Waals surface area contributed by atoms with Gasteiger partial charge in [-0.2, -0.15) is 0 Å². The minimum atomic E-state index is -1.33. The summed E-state index contributed by atoms with van der Waals surface area (Å²) in [6, 6.07) is 47.6. The van der Waals surface area contributed by atoms with Gasteiger partial charge < -0.3 is 9.97 Å².